The molecule has 0 saturated carbocycles. The number of hydrogen-bond donors (Lipinski definition) is 1. The van der Waals surface area contributed by atoms with Gasteiger partial charge in [-0.05, 0) is 18.6 Å². The fourth-order valence-corrected chi connectivity index (χ4v) is 1.57. The number of amides is 1. The largest absolute Gasteiger partial charge is 0.507 e. The highest BCUT2D eigenvalue weighted by Crippen LogP contribution is 2.17. The quantitative estimate of drug-likeness (QED) is 0.804. The number of rotatable bonds is 5. The highest BCUT2D eigenvalue weighted by atomic mass is 16.5. The summed E-state index contributed by atoms with van der Waals surface area (Å²) in [6.45, 7) is 2.22. The molecule has 1 N–H and O–H groups in total. The van der Waals surface area contributed by atoms with Gasteiger partial charge in [-0.3, -0.25) is 9.59 Å². The van der Waals surface area contributed by atoms with E-state index in [4.69, 9.17) is 0 Å². The number of carbonyl (C=O) groups excluding carboxylic acids is 2. The molecule has 0 fully saturated rings. The van der Waals surface area contributed by atoms with E-state index in [0.717, 1.165) is 6.42 Å². The Hall–Kier alpha value is -2.04. The Kier molecular flexibility index (Phi) is 5.17. The van der Waals surface area contributed by atoms with E-state index in [9.17, 15) is 14.7 Å². The van der Waals surface area contributed by atoms with Gasteiger partial charge >= 0.3 is 5.97 Å². The molecule has 1 amide bonds. The molecular formula is C13H17NO4. The van der Waals surface area contributed by atoms with Gasteiger partial charge in [0.1, 0.15) is 12.3 Å². The zero-order chi connectivity index (χ0) is 13.5. The summed E-state index contributed by atoms with van der Waals surface area (Å²) in [6, 6.07) is 6.26. The summed E-state index contributed by atoms with van der Waals surface area (Å²) in [5.41, 5.74) is 0.190. The van der Waals surface area contributed by atoms with Crippen molar-refractivity contribution in [1.82, 2.24) is 4.90 Å². The van der Waals surface area contributed by atoms with Crippen molar-refractivity contribution < 1.29 is 19.4 Å². The van der Waals surface area contributed by atoms with E-state index in [1.165, 1.54) is 24.1 Å². The normalized spacial score (nSPS) is 9.89. The number of aromatic hydroxyl groups is 1. The summed E-state index contributed by atoms with van der Waals surface area (Å²) >= 11 is 0. The van der Waals surface area contributed by atoms with Gasteiger partial charge in [0.2, 0.25) is 0 Å². The molecule has 18 heavy (non-hydrogen) atoms. The van der Waals surface area contributed by atoms with Gasteiger partial charge < -0.3 is 14.7 Å². The van der Waals surface area contributed by atoms with E-state index in [1.807, 2.05) is 6.92 Å². The van der Waals surface area contributed by atoms with Gasteiger partial charge in [-0.15, -0.1) is 0 Å². The van der Waals surface area contributed by atoms with E-state index in [0.29, 0.717) is 6.54 Å². The van der Waals surface area contributed by atoms with Crippen molar-refractivity contribution >= 4 is 11.9 Å². The fraction of sp³-hybridized carbons (Fsp3) is 0.385. The Morgan fingerprint density at radius 1 is 1.33 bits per heavy atom. The van der Waals surface area contributed by atoms with Gasteiger partial charge in [0, 0.05) is 6.54 Å². The van der Waals surface area contributed by atoms with Crippen LogP contribution < -0.4 is 0 Å². The lowest BCUT2D eigenvalue weighted by atomic mass is 10.1. The lowest BCUT2D eigenvalue weighted by Gasteiger charge is -2.21. The molecule has 0 bridgehead atoms. The van der Waals surface area contributed by atoms with Crippen LogP contribution in [0.15, 0.2) is 24.3 Å². The van der Waals surface area contributed by atoms with Crippen molar-refractivity contribution in [2.75, 3.05) is 20.2 Å². The van der Waals surface area contributed by atoms with Gasteiger partial charge in [0.15, 0.2) is 0 Å². The second kappa shape index (κ2) is 6.64. The maximum absolute atomic E-state index is 12.2. The monoisotopic (exact) mass is 251 g/mol. The van der Waals surface area contributed by atoms with Crippen LogP contribution in [-0.4, -0.2) is 42.1 Å². The number of carbonyl (C=O) groups is 2. The molecule has 1 aromatic carbocycles. The molecule has 0 atom stereocenters. The third-order valence-corrected chi connectivity index (χ3v) is 2.46. The van der Waals surface area contributed by atoms with Gasteiger partial charge in [-0.25, -0.2) is 0 Å². The Morgan fingerprint density at radius 3 is 2.56 bits per heavy atom. The minimum Gasteiger partial charge on any atom is -0.507 e. The van der Waals surface area contributed by atoms with Gasteiger partial charge in [-0.1, -0.05) is 19.1 Å². The number of phenols is 1. The van der Waals surface area contributed by atoms with Crippen LogP contribution in [0.1, 0.15) is 23.7 Å². The second-order valence-corrected chi connectivity index (χ2v) is 3.82. The predicted octanol–water partition coefficient (Wildman–Crippen LogP) is 1.42. The zero-order valence-electron chi connectivity index (χ0n) is 10.5. The van der Waals surface area contributed by atoms with Crippen molar-refractivity contribution in [3.8, 4) is 5.75 Å². The molecule has 0 aliphatic heterocycles. The lowest BCUT2D eigenvalue weighted by molar-refractivity contribution is -0.141. The molecule has 0 saturated heterocycles. The van der Waals surface area contributed by atoms with E-state index >= 15 is 0 Å². The predicted molar refractivity (Wildman–Crippen MR) is 66.3 cm³/mol. The molecule has 5 heteroatoms. The van der Waals surface area contributed by atoms with Crippen LogP contribution in [-0.2, 0) is 9.53 Å². The van der Waals surface area contributed by atoms with Crippen molar-refractivity contribution in [2.24, 2.45) is 0 Å². The van der Waals surface area contributed by atoms with Gasteiger partial charge in [0.05, 0.1) is 12.7 Å². The topological polar surface area (TPSA) is 66.8 Å². The molecule has 0 aliphatic rings. The number of ether oxygens (including phenoxy) is 1. The first-order valence-electron chi connectivity index (χ1n) is 5.74. The molecular weight excluding hydrogens is 234 g/mol. The number of hydrogen-bond acceptors (Lipinski definition) is 4. The molecule has 0 aromatic heterocycles. The molecule has 5 nitrogen and oxygen atoms in total. The van der Waals surface area contributed by atoms with Crippen LogP contribution in [0, 0.1) is 0 Å². The van der Waals surface area contributed by atoms with Crippen molar-refractivity contribution in [1.29, 1.82) is 0 Å². The fourth-order valence-electron chi connectivity index (χ4n) is 1.57. The van der Waals surface area contributed by atoms with Crippen LogP contribution in [0.3, 0.4) is 0 Å². The average Bonchev–Trinajstić information content (AvgIpc) is 2.38. The summed E-state index contributed by atoms with van der Waals surface area (Å²) in [5, 5.41) is 9.63. The molecule has 0 unspecified atom stereocenters. The number of esters is 1. The van der Waals surface area contributed by atoms with E-state index in [1.54, 1.807) is 12.1 Å². The van der Waals surface area contributed by atoms with Crippen molar-refractivity contribution in [3.05, 3.63) is 29.8 Å². The number of benzene rings is 1. The van der Waals surface area contributed by atoms with E-state index in [-0.39, 0.29) is 23.8 Å². The SMILES string of the molecule is CCCN(CC(=O)OC)C(=O)c1ccccc1O. The van der Waals surface area contributed by atoms with Crippen molar-refractivity contribution in [3.63, 3.8) is 0 Å². The average molecular weight is 251 g/mol. The third-order valence-electron chi connectivity index (χ3n) is 2.46. The minimum absolute atomic E-state index is 0.0894. The van der Waals surface area contributed by atoms with Crippen LogP contribution >= 0.6 is 0 Å². The standard InChI is InChI=1S/C13H17NO4/c1-3-8-14(9-12(16)18-2)13(17)10-6-4-5-7-11(10)15/h4-7,15H,3,8-9H2,1-2H3. The third kappa shape index (κ3) is 3.48. The van der Waals surface area contributed by atoms with E-state index in [2.05, 4.69) is 4.74 Å². The summed E-state index contributed by atoms with van der Waals surface area (Å²) in [6.07, 6.45) is 0.719. The van der Waals surface area contributed by atoms with E-state index < -0.39 is 5.97 Å². The van der Waals surface area contributed by atoms with Crippen LogP contribution in [0.4, 0.5) is 0 Å². The highest BCUT2D eigenvalue weighted by Gasteiger charge is 2.20. The zero-order valence-corrected chi connectivity index (χ0v) is 10.5. The molecule has 0 heterocycles. The maximum Gasteiger partial charge on any atom is 0.325 e. The van der Waals surface area contributed by atoms with Gasteiger partial charge in [-0.2, -0.15) is 0 Å². The van der Waals surface area contributed by atoms with Crippen LogP contribution in [0.5, 0.6) is 5.75 Å². The number of nitrogens with zero attached hydrogens (tertiary/aromatic N) is 1. The maximum atomic E-state index is 12.2. The van der Waals surface area contributed by atoms with Crippen LogP contribution in [0.2, 0.25) is 0 Å². The Bertz CT molecular complexity index is 431. The second-order valence-electron chi connectivity index (χ2n) is 3.82. The Morgan fingerprint density at radius 2 is 2.00 bits per heavy atom. The lowest BCUT2D eigenvalue weighted by Crippen LogP contribution is -2.36. The first kappa shape index (κ1) is 14.0. The first-order valence-corrected chi connectivity index (χ1v) is 5.74. The Balaban J connectivity index is 2.89. The number of methoxy groups -OCH3 is 1. The number of phenolic OH excluding ortho intramolecular Hbond substituents is 1. The van der Waals surface area contributed by atoms with Gasteiger partial charge in [0.25, 0.3) is 5.91 Å². The first-order chi connectivity index (χ1) is 8.60. The van der Waals surface area contributed by atoms with Crippen LogP contribution in [0.25, 0.3) is 0 Å². The molecule has 1 rings (SSSR count). The molecule has 0 spiro atoms. The summed E-state index contributed by atoms with van der Waals surface area (Å²) in [5.74, 6) is -0.943. The van der Waals surface area contributed by atoms with Crippen molar-refractivity contribution in [2.45, 2.75) is 13.3 Å². The molecule has 1 aromatic rings. The summed E-state index contributed by atoms with van der Waals surface area (Å²) in [7, 11) is 1.27. The molecule has 0 radical (unpaired) electrons. The number of para-hydroxylation sites is 1. The summed E-state index contributed by atoms with van der Waals surface area (Å²) < 4.78 is 4.55. The minimum atomic E-state index is -0.479. The molecule has 0 aliphatic carbocycles. The Labute approximate surface area is 106 Å². The smallest absolute Gasteiger partial charge is 0.325 e. The molecule has 98 valence electrons. The highest BCUT2D eigenvalue weighted by molar-refractivity contribution is 5.98. The summed E-state index contributed by atoms with van der Waals surface area (Å²) in [4.78, 5) is 24.8.